The Morgan fingerprint density at radius 3 is 2.72 bits per heavy atom. The summed E-state index contributed by atoms with van der Waals surface area (Å²) in [5.41, 5.74) is 0.985. The second-order valence-corrected chi connectivity index (χ2v) is 4.65. The summed E-state index contributed by atoms with van der Waals surface area (Å²) in [7, 11) is 3.44. The number of nitrogens with one attached hydrogen (secondary N) is 1. The van der Waals surface area contributed by atoms with Gasteiger partial charge in [0.2, 0.25) is 0 Å². The van der Waals surface area contributed by atoms with Crippen molar-refractivity contribution in [3.8, 4) is 0 Å². The van der Waals surface area contributed by atoms with Crippen molar-refractivity contribution in [2.75, 3.05) is 27.2 Å². The highest BCUT2D eigenvalue weighted by Gasteiger charge is 2.31. The third-order valence-electron chi connectivity index (χ3n) is 3.56. The molecule has 18 heavy (non-hydrogen) atoms. The fourth-order valence-electron chi connectivity index (χ4n) is 2.48. The average molecular weight is 248 g/mol. The van der Waals surface area contributed by atoms with Crippen LogP contribution < -0.4 is 5.32 Å². The molecule has 1 aromatic carbocycles. The number of benzene rings is 1. The average Bonchev–Trinajstić information content (AvgIpc) is 2.94. The summed E-state index contributed by atoms with van der Waals surface area (Å²) in [6.07, 6.45) is 1.07. The van der Waals surface area contributed by atoms with E-state index >= 15 is 0 Å². The molecule has 1 saturated heterocycles. The summed E-state index contributed by atoms with van der Waals surface area (Å²) < 4.78 is 4.95. The lowest BCUT2D eigenvalue weighted by atomic mass is 10.0. The zero-order valence-electron chi connectivity index (χ0n) is 10.9. The molecular formula is C14H20N2O2. The van der Waals surface area contributed by atoms with Gasteiger partial charge in [-0.3, -0.25) is 4.90 Å². The first-order chi connectivity index (χ1) is 8.74. The van der Waals surface area contributed by atoms with E-state index in [0.717, 1.165) is 25.1 Å². The van der Waals surface area contributed by atoms with Crippen LogP contribution in [0.4, 0.5) is 0 Å². The molecule has 0 radical (unpaired) electrons. The van der Waals surface area contributed by atoms with Crippen LogP contribution in [-0.4, -0.2) is 44.2 Å². The SMILES string of the molecule is COC(=O)C(c1ccccc1)N(C)[C@H]1CCNC1. The van der Waals surface area contributed by atoms with Gasteiger partial charge in [-0.15, -0.1) is 0 Å². The minimum Gasteiger partial charge on any atom is -0.468 e. The molecular weight excluding hydrogens is 228 g/mol. The predicted octanol–water partition coefficient (Wildman–Crippen LogP) is 1.19. The number of esters is 1. The number of likely N-dealkylation sites (N-methyl/N-ethyl adjacent to an activating group) is 1. The van der Waals surface area contributed by atoms with Crippen molar-refractivity contribution < 1.29 is 9.53 Å². The lowest BCUT2D eigenvalue weighted by molar-refractivity contribution is -0.147. The van der Waals surface area contributed by atoms with Crippen LogP contribution in [0.25, 0.3) is 0 Å². The van der Waals surface area contributed by atoms with E-state index < -0.39 is 0 Å². The van der Waals surface area contributed by atoms with E-state index in [0.29, 0.717) is 6.04 Å². The van der Waals surface area contributed by atoms with E-state index in [2.05, 4.69) is 10.2 Å². The number of hydrogen-bond donors (Lipinski definition) is 1. The van der Waals surface area contributed by atoms with Gasteiger partial charge in [0.25, 0.3) is 0 Å². The molecule has 0 bridgehead atoms. The molecule has 0 spiro atoms. The number of carbonyl (C=O) groups excluding carboxylic acids is 1. The minimum absolute atomic E-state index is 0.199. The number of ether oxygens (including phenoxy) is 1. The maximum absolute atomic E-state index is 12.0. The fourth-order valence-corrected chi connectivity index (χ4v) is 2.48. The molecule has 1 heterocycles. The Hall–Kier alpha value is -1.39. The summed E-state index contributed by atoms with van der Waals surface area (Å²) in [4.78, 5) is 14.1. The van der Waals surface area contributed by atoms with Crippen molar-refractivity contribution in [2.24, 2.45) is 0 Å². The molecule has 1 unspecified atom stereocenters. The standard InChI is InChI=1S/C14H20N2O2/c1-16(12-8-9-15-10-12)13(14(17)18-2)11-6-4-3-5-7-11/h3-7,12-13,15H,8-10H2,1-2H3/t12-,13?/m0/s1. The highest BCUT2D eigenvalue weighted by atomic mass is 16.5. The van der Waals surface area contributed by atoms with Crippen LogP contribution >= 0.6 is 0 Å². The summed E-state index contributed by atoms with van der Waals surface area (Å²) in [6.45, 7) is 1.94. The van der Waals surface area contributed by atoms with Crippen molar-refractivity contribution >= 4 is 5.97 Å². The number of hydrogen-bond acceptors (Lipinski definition) is 4. The van der Waals surface area contributed by atoms with Gasteiger partial charge in [0.1, 0.15) is 6.04 Å². The van der Waals surface area contributed by atoms with Crippen LogP contribution in [0.5, 0.6) is 0 Å². The largest absolute Gasteiger partial charge is 0.468 e. The molecule has 1 fully saturated rings. The molecule has 1 aliphatic heterocycles. The molecule has 1 N–H and O–H groups in total. The number of methoxy groups -OCH3 is 1. The second-order valence-electron chi connectivity index (χ2n) is 4.65. The van der Waals surface area contributed by atoms with E-state index in [1.54, 1.807) is 0 Å². The van der Waals surface area contributed by atoms with Gasteiger partial charge < -0.3 is 10.1 Å². The Bertz CT molecular complexity index is 388. The van der Waals surface area contributed by atoms with Crippen LogP contribution in [0, 0.1) is 0 Å². The van der Waals surface area contributed by atoms with Gasteiger partial charge in [-0.25, -0.2) is 4.79 Å². The summed E-state index contributed by atoms with van der Waals surface area (Å²) in [5.74, 6) is -0.199. The Balaban J connectivity index is 2.22. The maximum atomic E-state index is 12.0. The number of rotatable bonds is 4. The Kier molecular flexibility index (Phi) is 4.33. The highest BCUT2D eigenvalue weighted by Crippen LogP contribution is 2.24. The Labute approximate surface area is 108 Å². The molecule has 2 rings (SSSR count). The first-order valence-electron chi connectivity index (χ1n) is 6.29. The lowest BCUT2D eigenvalue weighted by Crippen LogP contribution is -2.40. The van der Waals surface area contributed by atoms with Crippen LogP contribution in [0.1, 0.15) is 18.0 Å². The van der Waals surface area contributed by atoms with Crippen LogP contribution in [0.3, 0.4) is 0 Å². The summed E-state index contributed by atoms with van der Waals surface area (Å²) in [6, 6.07) is 9.86. The minimum atomic E-state index is -0.318. The topological polar surface area (TPSA) is 41.6 Å². The molecule has 0 amide bonds. The predicted molar refractivity (Wildman–Crippen MR) is 70.2 cm³/mol. The van der Waals surface area contributed by atoms with Crippen molar-refractivity contribution in [2.45, 2.75) is 18.5 Å². The molecule has 0 aromatic heterocycles. The van der Waals surface area contributed by atoms with Crippen molar-refractivity contribution in [1.82, 2.24) is 10.2 Å². The molecule has 4 nitrogen and oxygen atoms in total. The zero-order chi connectivity index (χ0) is 13.0. The van der Waals surface area contributed by atoms with Gasteiger partial charge in [-0.2, -0.15) is 0 Å². The van der Waals surface area contributed by atoms with Crippen molar-refractivity contribution in [1.29, 1.82) is 0 Å². The van der Waals surface area contributed by atoms with E-state index in [1.807, 2.05) is 37.4 Å². The molecule has 0 aliphatic carbocycles. The molecule has 1 aromatic rings. The van der Waals surface area contributed by atoms with E-state index in [4.69, 9.17) is 4.74 Å². The van der Waals surface area contributed by atoms with Gasteiger partial charge in [-0.05, 0) is 25.6 Å². The Morgan fingerprint density at radius 2 is 2.17 bits per heavy atom. The smallest absolute Gasteiger partial charge is 0.327 e. The van der Waals surface area contributed by atoms with Gasteiger partial charge >= 0.3 is 5.97 Å². The van der Waals surface area contributed by atoms with E-state index in [9.17, 15) is 4.79 Å². The first-order valence-corrected chi connectivity index (χ1v) is 6.29. The normalized spacial score (nSPS) is 20.9. The van der Waals surface area contributed by atoms with E-state index in [1.165, 1.54) is 7.11 Å². The van der Waals surface area contributed by atoms with Crippen molar-refractivity contribution in [3.63, 3.8) is 0 Å². The molecule has 1 aliphatic rings. The fraction of sp³-hybridized carbons (Fsp3) is 0.500. The molecule has 2 atom stereocenters. The monoisotopic (exact) mass is 248 g/mol. The maximum Gasteiger partial charge on any atom is 0.327 e. The van der Waals surface area contributed by atoms with Gasteiger partial charge in [0.05, 0.1) is 7.11 Å². The quantitative estimate of drug-likeness (QED) is 0.813. The zero-order valence-corrected chi connectivity index (χ0v) is 10.9. The summed E-state index contributed by atoms with van der Waals surface area (Å²) >= 11 is 0. The van der Waals surface area contributed by atoms with E-state index in [-0.39, 0.29) is 12.0 Å². The number of carbonyl (C=O) groups is 1. The number of nitrogens with zero attached hydrogens (tertiary/aromatic N) is 1. The van der Waals surface area contributed by atoms with Gasteiger partial charge in [-0.1, -0.05) is 30.3 Å². The lowest BCUT2D eigenvalue weighted by Gasteiger charge is -2.31. The van der Waals surface area contributed by atoms with Crippen molar-refractivity contribution in [3.05, 3.63) is 35.9 Å². The van der Waals surface area contributed by atoms with Gasteiger partial charge in [0, 0.05) is 12.6 Å². The highest BCUT2D eigenvalue weighted by molar-refractivity contribution is 5.77. The Morgan fingerprint density at radius 1 is 1.44 bits per heavy atom. The third-order valence-corrected chi connectivity index (χ3v) is 3.56. The molecule has 98 valence electrons. The third kappa shape index (κ3) is 2.71. The van der Waals surface area contributed by atoms with Gasteiger partial charge in [0.15, 0.2) is 0 Å². The first kappa shape index (κ1) is 13.1. The second kappa shape index (κ2) is 5.98. The van der Waals surface area contributed by atoms with Crippen LogP contribution in [-0.2, 0) is 9.53 Å². The van der Waals surface area contributed by atoms with Crippen LogP contribution in [0.15, 0.2) is 30.3 Å². The van der Waals surface area contributed by atoms with Crippen LogP contribution in [0.2, 0.25) is 0 Å². The molecule has 0 saturated carbocycles. The summed E-state index contributed by atoms with van der Waals surface area (Å²) in [5, 5.41) is 3.32. The molecule has 4 heteroatoms.